The van der Waals surface area contributed by atoms with Crippen molar-refractivity contribution >= 4 is 11.9 Å². The summed E-state index contributed by atoms with van der Waals surface area (Å²) in [7, 11) is 0. The maximum absolute atomic E-state index is 12.0. The van der Waals surface area contributed by atoms with Crippen LogP contribution in [0.15, 0.2) is 0 Å². The molecule has 0 aliphatic heterocycles. The molecule has 0 aromatic carbocycles. The largest absolute Gasteiger partial charge is 0.481 e. The first kappa shape index (κ1) is 15.0. The van der Waals surface area contributed by atoms with E-state index in [1.54, 1.807) is 0 Å². The SMILES string of the molecule is CC1C[C@H](C(=O)NCCC(C)(C)C)[C@H](C(=O)O)C1. The van der Waals surface area contributed by atoms with Gasteiger partial charge in [-0.1, -0.05) is 27.7 Å². The molecule has 0 aromatic rings. The van der Waals surface area contributed by atoms with Crippen molar-refractivity contribution in [3.05, 3.63) is 0 Å². The number of aliphatic carboxylic acids is 1. The van der Waals surface area contributed by atoms with E-state index in [2.05, 4.69) is 26.1 Å². The fourth-order valence-corrected chi connectivity index (χ4v) is 2.55. The summed E-state index contributed by atoms with van der Waals surface area (Å²) in [6.07, 6.45) is 2.21. The first-order valence-electron chi connectivity index (χ1n) is 6.71. The van der Waals surface area contributed by atoms with Gasteiger partial charge in [-0.05, 0) is 30.6 Å². The molecule has 4 nitrogen and oxygen atoms in total. The summed E-state index contributed by atoms with van der Waals surface area (Å²) in [5, 5.41) is 12.0. The summed E-state index contributed by atoms with van der Waals surface area (Å²) in [6.45, 7) is 9.00. The lowest BCUT2D eigenvalue weighted by Crippen LogP contribution is -2.36. The molecule has 18 heavy (non-hydrogen) atoms. The van der Waals surface area contributed by atoms with Crippen LogP contribution < -0.4 is 5.32 Å². The van der Waals surface area contributed by atoms with E-state index < -0.39 is 11.9 Å². The molecule has 1 rings (SSSR count). The lowest BCUT2D eigenvalue weighted by Gasteiger charge is -2.20. The molecule has 2 N–H and O–H groups in total. The van der Waals surface area contributed by atoms with Gasteiger partial charge < -0.3 is 10.4 Å². The van der Waals surface area contributed by atoms with Gasteiger partial charge in [0.15, 0.2) is 0 Å². The Morgan fingerprint density at radius 2 is 1.78 bits per heavy atom. The molecule has 0 saturated heterocycles. The van der Waals surface area contributed by atoms with E-state index in [1.807, 2.05) is 6.92 Å². The monoisotopic (exact) mass is 255 g/mol. The molecule has 3 atom stereocenters. The van der Waals surface area contributed by atoms with E-state index in [9.17, 15) is 9.59 Å². The zero-order valence-corrected chi connectivity index (χ0v) is 11.8. The summed E-state index contributed by atoms with van der Waals surface area (Å²) in [5.74, 6) is -1.46. The first-order valence-corrected chi connectivity index (χ1v) is 6.71. The van der Waals surface area contributed by atoms with Gasteiger partial charge in [0.1, 0.15) is 0 Å². The van der Waals surface area contributed by atoms with Crippen molar-refractivity contribution in [1.82, 2.24) is 5.32 Å². The molecule has 4 heteroatoms. The predicted molar refractivity (Wildman–Crippen MR) is 70.1 cm³/mol. The molecule has 1 fully saturated rings. The molecule has 1 saturated carbocycles. The van der Waals surface area contributed by atoms with Gasteiger partial charge in [-0.3, -0.25) is 9.59 Å². The number of rotatable bonds is 4. The number of carbonyl (C=O) groups excluding carboxylic acids is 1. The van der Waals surface area contributed by atoms with Crippen molar-refractivity contribution in [2.75, 3.05) is 6.54 Å². The molecule has 0 radical (unpaired) electrons. The Morgan fingerprint density at radius 3 is 2.28 bits per heavy atom. The molecule has 1 amide bonds. The van der Waals surface area contributed by atoms with Crippen molar-refractivity contribution in [2.45, 2.75) is 47.0 Å². The fraction of sp³-hybridized carbons (Fsp3) is 0.857. The maximum Gasteiger partial charge on any atom is 0.307 e. The van der Waals surface area contributed by atoms with Gasteiger partial charge in [0.2, 0.25) is 5.91 Å². The Kier molecular flexibility index (Phi) is 4.77. The van der Waals surface area contributed by atoms with Crippen LogP contribution in [0.2, 0.25) is 0 Å². The minimum atomic E-state index is -0.838. The van der Waals surface area contributed by atoms with Crippen LogP contribution in [0, 0.1) is 23.2 Å². The van der Waals surface area contributed by atoms with Gasteiger partial charge >= 0.3 is 5.97 Å². The average Bonchev–Trinajstić information content (AvgIpc) is 2.58. The Labute approximate surface area is 109 Å². The molecule has 1 unspecified atom stereocenters. The number of carbonyl (C=O) groups is 2. The van der Waals surface area contributed by atoms with Gasteiger partial charge in [0.05, 0.1) is 11.8 Å². The third-order valence-electron chi connectivity index (χ3n) is 3.63. The minimum Gasteiger partial charge on any atom is -0.481 e. The highest BCUT2D eigenvalue weighted by Crippen LogP contribution is 2.36. The standard InChI is InChI=1S/C14H25NO3/c1-9-7-10(11(8-9)13(17)18)12(16)15-6-5-14(2,3)4/h9-11H,5-8H2,1-4H3,(H,15,16)(H,17,18)/t9?,10-,11+/m0/s1. The quantitative estimate of drug-likeness (QED) is 0.810. The lowest BCUT2D eigenvalue weighted by atomic mass is 9.91. The van der Waals surface area contributed by atoms with Crippen LogP contribution in [0.1, 0.15) is 47.0 Å². The number of amides is 1. The van der Waals surface area contributed by atoms with E-state index in [0.717, 1.165) is 6.42 Å². The van der Waals surface area contributed by atoms with Crippen LogP contribution in [-0.4, -0.2) is 23.5 Å². The third-order valence-corrected chi connectivity index (χ3v) is 3.63. The summed E-state index contributed by atoms with van der Waals surface area (Å²) in [6, 6.07) is 0. The van der Waals surface area contributed by atoms with E-state index in [-0.39, 0.29) is 17.2 Å². The van der Waals surface area contributed by atoms with Crippen molar-refractivity contribution in [1.29, 1.82) is 0 Å². The molecule has 0 heterocycles. The molecular weight excluding hydrogens is 230 g/mol. The summed E-state index contributed by atoms with van der Waals surface area (Å²) < 4.78 is 0. The summed E-state index contributed by atoms with van der Waals surface area (Å²) >= 11 is 0. The molecule has 1 aliphatic rings. The fourth-order valence-electron chi connectivity index (χ4n) is 2.55. The van der Waals surface area contributed by atoms with Crippen LogP contribution in [0.3, 0.4) is 0 Å². The van der Waals surface area contributed by atoms with Crippen molar-refractivity contribution < 1.29 is 14.7 Å². The Morgan fingerprint density at radius 1 is 1.22 bits per heavy atom. The van der Waals surface area contributed by atoms with E-state index in [4.69, 9.17) is 5.11 Å². The smallest absolute Gasteiger partial charge is 0.307 e. The molecule has 1 aliphatic carbocycles. The van der Waals surface area contributed by atoms with Crippen molar-refractivity contribution in [3.8, 4) is 0 Å². The van der Waals surface area contributed by atoms with Crippen LogP contribution in [0.5, 0.6) is 0 Å². The van der Waals surface area contributed by atoms with Gasteiger partial charge in [-0.15, -0.1) is 0 Å². The number of carboxylic acids is 1. The van der Waals surface area contributed by atoms with Crippen LogP contribution in [0.25, 0.3) is 0 Å². The van der Waals surface area contributed by atoms with Crippen LogP contribution in [0.4, 0.5) is 0 Å². The van der Waals surface area contributed by atoms with Gasteiger partial charge in [0.25, 0.3) is 0 Å². The highest BCUT2D eigenvalue weighted by Gasteiger charge is 2.40. The topological polar surface area (TPSA) is 66.4 Å². The Balaban J connectivity index is 2.48. The first-order chi connectivity index (χ1) is 8.20. The summed E-state index contributed by atoms with van der Waals surface area (Å²) in [4.78, 5) is 23.1. The zero-order valence-electron chi connectivity index (χ0n) is 11.8. The van der Waals surface area contributed by atoms with Crippen molar-refractivity contribution in [2.24, 2.45) is 23.2 Å². The molecule has 0 aromatic heterocycles. The second-order valence-electron chi connectivity index (χ2n) is 6.73. The normalized spacial score (nSPS) is 28.1. The van der Waals surface area contributed by atoms with Crippen LogP contribution in [-0.2, 0) is 9.59 Å². The maximum atomic E-state index is 12.0. The molecule has 0 bridgehead atoms. The number of carboxylic acid groups (broad SMARTS) is 1. The second kappa shape index (κ2) is 5.72. The van der Waals surface area contributed by atoms with Gasteiger partial charge in [-0.2, -0.15) is 0 Å². The predicted octanol–water partition coefficient (Wildman–Crippen LogP) is 2.29. The number of hydrogen-bond donors (Lipinski definition) is 2. The molecule has 0 spiro atoms. The number of nitrogens with one attached hydrogen (secondary N) is 1. The van der Waals surface area contributed by atoms with Gasteiger partial charge in [-0.25, -0.2) is 0 Å². The Hall–Kier alpha value is -1.06. The van der Waals surface area contributed by atoms with E-state index >= 15 is 0 Å². The highest BCUT2D eigenvalue weighted by molar-refractivity contribution is 5.85. The second-order valence-corrected chi connectivity index (χ2v) is 6.73. The van der Waals surface area contributed by atoms with Crippen LogP contribution >= 0.6 is 0 Å². The van der Waals surface area contributed by atoms with Gasteiger partial charge in [0, 0.05) is 6.54 Å². The van der Waals surface area contributed by atoms with E-state index in [1.165, 1.54) is 0 Å². The zero-order chi connectivity index (χ0) is 13.9. The number of hydrogen-bond acceptors (Lipinski definition) is 2. The molecular formula is C14H25NO3. The highest BCUT2D eigenvalue weighted by atomic mass is 16.4. The third kappa shape index (κ3) is 4.31. The molecule has 104 valence electrons. The van der Waals surface area contributed by atoms with E-state index in [0.29, 0.717) is 25.3 Å². The Bertz CT molecular complexity index is 319. The lowest BCUT2D eigenvalue weighted by molar-refractivity contribution is -0.146. The average molecular weight is 255 g/mol. The summed E-state index contributed by atoms with van der Waals surface area (Å²) in [5.41, 5.74) is 0.183. The van der Waals surface area contributed by atoms with Crippen molar-refractivity contribution in [3.63, 3.8) is 0 Å². The minimum absolute atomic E-state index is 0.0870.